The van der Waals surface area contributed by atoms with Crippen molar-refractivity contribution in [1.29, 1.82) is 0 Å². The molecular formula is C26H27NO5. The van der Waals surface area contributed by atoms with Crippen molar-refractivity contribution in [3.05, 3.63) is 46.5 Å². The van der Waals surface area contributed by atoms with E-state index in [4.69, 9.17) is 18.9 Å². The average molecular weight is 434 g/mol. The number of carbonyl (C=O) groups excluding carboxylic acids is 1. The van der Waals surface area contributed by atoms with Crippen LogP contribution in [0, 0.1) is 5.92 Å². The Morgan fingerprint density at radius 1 is 1.03 bits per heavy atom. The van der Waals surface area contributed by atoms with Gasteiger partial charge in [0.25, 0.3) is 0 Å². The highest BCUT2D eigenvalue weighted by atomic mass is 16.7. The molecule has 0 amide bonds. The van der Waals surface area contributed by atoms with Crippen molar-refractivity contribution in [3.8, 4) is 23.0 Å². The van der Waals surface area contributed by atoms with E-state index in [0.717, 1.165) is 71.9 Å². The summed E-state index contributed by atoms with van der Waals surface area (Å²) in [5.41, 5.74) is 5.72. The zero-order valence-corrected chi connectivity index (χ0v) is 18.5. The summed E-state index contributed by atoms with van der Waals surface area (Å²) in [6.45, 7) is 1.10. The molecule has 1 aliphatic carbocycles. The van der Waals surface area contributed by atoms with Crippen LogP contribution >= 0.6 is 0 Å². The van der Waals surface area contributed by atoms with E-state index in [0.29, 0.717) is 18.0 Å². The molecule has 4 aliphatic rings. The third-order valence-corrected chi connectivity index (χ3v) is 7.33. The first-order chi connectivity index (χ1) is 15.7. The summed E-state index contributed by atoms with van der Waals surface area (Å²) in [6, 6.07) is 8.18. The number of hydrogen-bond donors (Lipinski definition) is 0. The van der Waals surface area contributed by atoms with Gasteiger partial charge in [-0.25, -0.2) is 0 Å². The van der Waals surface area contributed by atoms with E-state index in [2.05, 4.69) is 29.2 Å². The van der Waals surface area contributed by atoms with E-state index < -0.39 is 0 Å². The second kappa shape index (κ2) is 7.47. The van der Waals surface area contributed by atoms with E-state index in [9.17, 15) is 4.79 Å². The summed E-state index contributed by atoms with van der Waals surface area (Å²) in [5.74, 6) is 3.35. The van der Waals surface area contributed by atoms with Crippen LogP contribution in [0.4, 0.5) is 0 Å². The van der Waals surface area contributed by atoms with Crippen molar-refractivity contribution in [2.24, 2.45) is 5.92 Å². The number of rotatable bonds is 3. The van der Waals surface area contributed by atoms with Crippen molar-refractivity contribution in [2.45, 2.75) is 38.1 Å². The summed E-state index contributed by atoms with van der Waals surface area (Å²) in [7, 11) is 3.35. The number of carbonyl (C=O) groups is 1. The van der Waals surface area contributed by atoms with Crippen LogP contribution in [0.5, 0.6) is 23.0 Å². The standard InChI is InChI=1S/C26H27NO5/c1-29-21-8-7-16-11-19-18-13-23-22(31-14-32-23)12-15(18)9-10-27(19)25(24(16)26(21)30-2)17-5-3-4-6-20(17)28/h7-8,11-13,17,25H,3-6,9-10,14H2,1-2H3/t17-,25+/m0/s1. The largest absolute Gasteiger partial charge is 0.493 e. The molecule has 1 saturated carbocycles. The molecule has 32 heavy (non-hydrogen) atoms. The monoisotopic (exact) mass is 433 g/mol. The predicted octanol–water partition coefficient (Wildman–Crippen LogP) is 4.60. The van der Waals surface area contributed by atoms with Crippen LogP contribution in [0.2, 0.25) is 0 Å². The summed E-state index contributed by atoms with van der Waals surface area (Å²) in [4.78, 5) is 15.6. The van der Waals surface area contributed by atoms with Crippen LogP contribution < -0.4 is 18.9 Å². The van der Waals surface area contributed by atoms with Gasteiger partial charge < -0.3 is 23.8 Å². The van der Waals surface area contributed by atoms with Crippen LogP contribution in [0.15, 0.2) is 24.3 Å². The lowest BCUT2D eigenvalue weighted by molar-refractivity contribution is -0.126. The molecule has 6 rings (SSSR count). The molecular weight excluding hydrogens is 406 g/mol. The molecule has 0 unspecified atom stereocenters. The summed E-state index contributed by atoms with van der Waals surface area (Å²) < 4.78 is 22.8. The smallest absolute Gasteiger partial charge is 0.231 e. The second-order valence-corrected chi connectivity index (χ2v) is 8.90. The first kappa shape index (κ1) is 19.5. The van der Waals surface area contributed by atoms with Gasteiger partial charge in [0.05, 0.1) is 20.3 Å². The lowest BCUT2D eigenvalue weighted by atomic mass is 9.75. The van der Waals surface area contributed by atoms with Gasteiger partial charge in [0.15, 0.2) is 23.0 Å². The van der Waals surface area contributed by atoms with Crippen LogP contribution in [0.25, 0.3) is 11.8 Å². The Labute approximate surface area is 187 Å². The number of ketones is 1. The first-order valence-corrected chi connectivity index (χ1v) is 11.4. The SMILES string of the molecule is COc1ccc2c(c1OC)[C@@H]([C@H]1CCCCC1=O)N1CCc3cc4c(cc3C1=C2)OCO4. The van der Waals surface area contributed by atoms with Crippen LogP contribution in [-0.4, -0.2) is 38.2 Å². The fourth-order valence-corrected chi connectivity index (χ4v) is 5.86. The molecule has 3 heterocycles. The fourth-order valence-electron chi connectivity index (χ4n) is 5.86. The topological polar surface area (TPSA) is 57.2 Å². The van der Waals surface area contributed by atoms with Gasteiger partial charge in [0.1, 0.15) is 5.78 Å². The highest BCUT2D eigenvalue weighted by molar-refractivity contribution is 5.90. The Balaban J connectivity index is 1.57. The first-order valence-electron chi connectivity index (χ1n) is 11.4. The van der Waals surface area contributed by atoms with E-state index in [1.807, 2.05) is 6.07 Å². The van der Waals surface area contributed by atoms with Gasteiger partial charge in [-0.1, -0.05) is 12.5 Å². The highest BCUT2D eigenvalue weighted by Crippen LogP contribution is 2.53. The Hall–Kier alpha value is -3.15. The van der Waals surface area contributed by atoms with Crippen molar-refractivity contribution in [1.82, 2.24) is 4.90 Å². The minimum absolute atomic E-state index is 0.0530. The van der Waals surface area contributed by atoms with Crippen LogP contribution in [0.1, 0.15) is 54.0 Å². The fraction of sp³-hybridized carbons (Fsp3) is 0.423. The Morgan fingerprint density at radius 3 is 2.66 bits per heavy atom. The van der Waals surface area contributed by atoms with E-state index in [1.165, 1.54) is 5.56 Å². The van der Waals surface area contributed by atoms with Crippen molar-refractivity contribution in [3.63, 3.8) is 0 Å². The summed E-state index contributed by atoms with van der Waals surface area (Å²) in [6.07, 6.45) is 6.74. The van der Waals surface area contributed by atoms with Gasteiger partial charge in [-0.15, -0.1) is 0 Å². The molecule has 2 aromatic rings. The van der Waals surface area contributed by atoms with E-state index >= 15 is 0 Å². The van der Waals surface area contributed by atoms with Crippen LogP contribution in [-0.2, 0) is 11.2 Å². The van der Waals surface area contributed by atoms with Gasteiger partial charge in [-0.2, -0.15) is 0 Å². The molecule has 0 bridgehead atoms. The molecule has 0 spiro atoms. The minimum Gasteiger partial charge on any atom is -0.493 e. The summed E-state index contributed by atoms with van der Waals surface area (Å²) in [5, 5.41) is 0. The van der Waals surface area contributed by atoms with Gasteiger partial charge in [-0.05, 0) is 54.7 Å². The van der Waals surface area contributed by atoms with E-state index in [1.54, 1.807) is 14.2 Å². The number of Topliss-reactive ketones (excluding diaryl/α,β-unsaturated/α-hetero) is 1. The molecule has 3 aliphatic heterocycles. The minimum atomic E-state index is -0.0681. The molecule has 166 valence electrons. The molecule has 0 saturated heterocycles. The molecule has 6 nitrogen and oxygen atoms in total. The number of ether oxygens (including phenoxy) is 4. The maximum atomic E-state index is 13.2. The maximum absolute atomic E-state index is 13.2. The van der Waals surface area contributed by atoms with E-state index in [-0.39, 0.29) is 18.8 Å². The number of fused-ring (bicyclic) bond motifs is 5. The highest BCUT2D eigenvalue weighted by Gasteiger charge is 2.43. The van der Waals surface area contributed by atoms with Gasteiger partial charge in [0.2, 0.25) is 6.79 Å². The third-order valence-electron chi connectivity index (χ3n) is 7.33. The van der Waals surface area contributed by atoms with Gasteiger partial charge in [-0.3, -0.25) is 4.79 Å². The maximum Gasteiger partial charge on any atom is 0.231 e. The number of nitrogens with zero attached hydrogens (tertiary/aromatic N) is 1. The van der Waals surface area contributed by atoms with Crippen molar-refractivity contribution in [2.75, 3.05) is 27.6 Å². The molecule has 0 N–H and O–H groups in total. The Morgan fingerprint density at radius 2 is 1.88 bits per heavy atom. The van der Waals surface area contributed by atoms with Crippen molar-refractivity contribution >= 4 is 17.6 Å². The number of hydrogen-bond acceptors (Lipinski definition) is 6. The molecule has 1 fully saturated rings. The molecule has 6 heteroatoms. The van der Waals surface area contributed by atoms with Gasteiger partial charge >= 0.3 is 0 Å². The second-order valence-electron chi connectivity index (χ2n) is 8.90. The zero-order chi connectivity index (χ0) is 21.8. The number of benzene rings is 2. The lowest BCUT2D eigenvalue weighted by Gasteiger charge is -2.46. The van der Waals surface area contributed by atoms with Crippen LogP contribution in [0.3, 0.4) is 0 Å². The molecule has 2 atom stereocenters. The molecule has 2 aromatic carbocycles. The number of methoxy groups -OCH3 is 2. The predicted molar refractivity (Wildman–Crippen MR) is 120 cm³/mol. The normalized spacial score (nSPS) is 23.1. The lowest BCUT2D eigenvalue weighted by Crippen LogP contribution is -2.42. The third kappa shape index (κ3) is 2.81. The average Bonchev–Trinajstić information content (AvgIpc) is 3.28. The Bertz CT molecular complexity index is 1140. The van der Waals surface area contributed by atoms with Gasteiger partial charge in [0, 0.05) is 35.7 Å². The quantitative estimate of drug-likeness (QED) is 0.705. The Kier molecular flexibility index (Phi) is 4.56. The summed E-state index contributed by atoms with van der Waals surface area (Å²) >= 11 is 0. The zero-order valence-electron chi connectivity index (χ0n) is 18.5. The molecule has 0 radical (unpaired) electrons. The van der Waals surface area contributed by atoms with Crippen molar-refractivity contribution < 1.29 is 23.7 Å². The molecule has 0 aromatic heterocycles.